The molecule has 0 radical (unpaired) electrons. The lowest BCUT2D eigenvalue weighted by Crippen LogP contribution is -2.17. The molecule has 0 atom stereocenters. The number of nitrogens with one attached hydrogen (secondary N) is 2. The molecule has 0 unspecified atom stereocenters. The number of anilines is 4. The summed E-state index contributed by atoms with van der Waals surface area (Å²) in [5, 5.41) is 10.7. The summed E-state index contributed by atoms with van der Waals surface area (Å²) in [4.78, 5) is 11.3. The Labute approximate surface area is 163 Å². The van der Waals surface area contributed by atoms with E-state index in [0.717, 1.165) is 18.8 Å². The highest BCUT2D eigenvalue weighted by molar-refractivity contribution is 5.87. The Hall–Kier alpha value is -3.45. The molecule has 2 aromatic carbocycles. The first kappa shape index (κ1) is 17.9. The summed E-state index contributed by atoms with van der Waals surface area (Å²) in [5.74, 6) is 1.37. The molecule has 142 valence electrons. The zero-order valence-electron chi connectivity index (χ0n) is 15.6. The maximum atomic E-state index is 7.44. The summed E-state index contributed by atoms with van der Waals surface area (Å²) in [6.45, 7) is 2.17. The zero-order chi connectivity index (χ0) is 19.5. The monoisotopic (exact) mass is 374 g/mol. The van der Waals surface area contributed by atoms with Crippen LogP contribution in [0.15, 0.2) is 48.7 Å². The molecule has 0 saturated carbocycles. The van der Waals surface area contributed by atoms with Crippen LogP contribution in [0, 0.1) is 5.41 Å². The number of nitrogens with two attached hydrogens (primary N) is 1. The Balaban J connectivity index is 1.52. The summed E-state index contributed by atoms with van der Waals surface area (Å²) in [5.41, 5.74) is 11.7. The predicted octanol–water partition coefficient (Wildman–Crippen LogP) is 3.47. The van der Waals surface area contributed by atoms with E-state index < -0.39 is 0 Å². The topological polar surface area (TPSA) is 100 Å². The number of nitrogens with zero attached hydrogens (tertiary/aromatic N) is 3. The molecule has 4 rings (SSSR count). The minimum absolute atomic E-state index is 0.576. The fourth-order valence-corrected chi connectivity index (χ4v) is 3.34. The van der Waals surface area contributed by atoms with E-state index in [1.807, 2.05) is 18.2 Å². The van der Waals surface area contributed by atoms with E-state index >= 15 is 0 Å². The summed E-state index contributed by atoms with van der Waals surface area (Å²) < 4.78 is 5.23. The molecule has 0 fully saturated rings. The van der Waals surface area contributed by atoms with Gasteiger partial charge >= 0.3 is 0 Å². The second-order valence-corrected chi connectivity index (χ2v) is 6.75. The Morgan fingerprint density at radius 1 is 1.18 bits per heavy atom. The van der Waals surface area contributed by atoms with Crippen LogP contribution in [0.5, 0.6) is 0 Å². The van der Waals surface area contributed by atoms with Crippen molar-refractivity contribution in [1.82, 2.24) is 9.97 Å². The van der Waals surface area contributed by atoms with Crippen LogP contribution in [0.2, 0.25) is 0 Å². The van der Waals surface area contributed by atoms with Gasteiger partial charge in [-0.3, -0.25) is 0 Å². The lowest BCUT2D eigenvalue weighted by molar-refractivity contribution is 0.185. The first-order chi connectivity index (χ1) is 13.7. The molecule has 0 bridgehead atoms. The van der Waals surface area contributed by atoms with Gasteiger partial charge in [-0.15, -0.1) is 0 Å². The fraction of sp³-hybridized carbons (Fsp3) is 0.190. The molecule has 1 aromatic heterocycles. The number of rotatable bonds is 6. The van der Waals surface area contributed by atoms with Crippen molar-refractivity contribution in [2.75, 3.05) is 23.1 Å². The fourth-order valence-electron chi connectivity index (χ4n) is 3.34. The molecule has 28 heavy (non-hydrogen) atoms. The van der Waals surface area contributed by atoms with E-state index in [2.05, 4.69) is 38.4 Å². The quantitative estimate of drug-likeness (QED) is 0.451. The average molecular weight is 374 g/mol. The Morgan fingerprint density at radius 3 is 2.86 bits per heavy atom. The maximum absolute atomic E-state index is 7.44. The number of ether oxygens (including phenoxy) is 1. The third-order valence-electron chi connectivity index (χ3n) is 4.74. The van der Waals surface area contributed by atoms with E-state index in [4.69, 9.17) is 15.9 Å². The van der Waals surface area contributed by atoms with Crippen LogP contribution in [0.3, 0.4) is 0 Å². The standard InChI is InChI=1S/C21H22N6O/c1-28-13-14-2-3-15-11-27(12-17(15)8-14)21-24-7-6-20(26-21)25-18-4-5-19(23)16(9-18)10-22/h2-10,22H,11-13,23H2,1H3,(H,24,25,26). The number of nitrogen functional groups attached to an aromatic ring is 1. The molecule has 0 amide bonds. The largest absolute Gasteiger partial charge is 0.398 e. The third kappa shape index (κ3) is 3.65. The van der Waals surface area contributed by atoms with Crippen molar-refractivity contribution >= 4 is 29.4 Å². The van der Waals surface area contributed by atoms with E-state index in [1.165, 1.54) is 22.9 Å². The first-order valence-corrected chi connectivity index (χ1v) is 9.01. The average Bonchev–Trinajstić information content (AvgIpc) is 3.13. The molecule has 0 saturated heterocycles. The molecular formula is C21H22N6O. The first-order valence-electron chi connectivity index (χ1n) is 9.01. The summed E-state index contributed by atoms with van der Waals surface area (Å²) in [6, 6.07) is 13.7. The molecule has 4 N–H and O–H groups in total. The number of fused-ring (bicyclic) bond motifs is 1. The highest BCUT2D eigenvalue weighted by Crippen LogP contribution is 2.28. The van der Waals surface area contributed by atoms with Crippen molar-refractivity contribution in [3.05, 3.63) is 70.9 Å². The van der Waals surface area contributed by atoms with Gasteiger partial charge in [-0.1, -0.05) is 18.2 Å². The van der Waals surface area contributed by atoms with E-state index in [9.17, 15) is 0 Å². The SMILES string of the molecule is COCc1ccc2c(c1)CN(c1nccc(Nc3ccc(N)c(C=N)c3)n1)C2. The molecule has 2 heterocycles. The van der Waals surface area contributed by atoms with E-state index in [-0.39, 0.29) is 0 Å². The van der Waals surface area contributed by atoms with Crippen LogP contribution in [-0.2, 0) is 24.4 Å². The van der Waals surface area contributed by atoms with Gasteiger partial charge in [-0.05, 0) is 41.0 Å². The lowest BCUT2D eigenvalue weighted by atomic mass is 10.1. The van der Waals surface area contributed by atoms with Crippen LogP contribution >= 0.6 is 0 Å². The second-order valence-electron chi connectivity index (χ2n) is 6.75. The number of benzene rings is 2. The van der Waals surface area contributed by atoms with Gasteiger partial charge in [0.15, 0.2) is 0 Å². The molecule has 7 heteroatoms. The molecular weight excluding hydrogens is 352 g/mol. The summed E-state index contributed by atoms with van der Waals surface area (Å²) in [7, 11) is 1.71. The molecule has 0 aliphatic carbocycles. The van der Waals surface area contributed by atoms with Crippen LogP contribution in [0.25, 0.3) is 0 Å². The van der Waals surface area contributed by atoms with Crippen molar-refractivity contribution in [1.29, 1.82) is 5.41 Å². The van der Waals surface area contributed by atoms with Crippen LogP contribution in [0.4, 0.5) is 23.1 Å². The van der Waals surface area contributed by atoms with Gasteiger partial charge in [-0.2, -0.15) is 4.98 Å². The van der Waals surface area contributed by atoms with Gasteiger partial charge in [0.05, 0.1) is 6.61 Å². The lowest BCUT2D eigenvalue weighted by Gasteiger charge is -2.16. The van der Waals surface area contributed by atoms with Gasteiger partial charge in [0.2, 0.25) is 5.95 Å². The minimum Gasteiger partial charge on any atom is -0.398 e. The van der Waals surface area contributed by atoms with E-state index in [1.54, 1.807) is 19.4 Å². The van der Waals surface area contributed by atoms with Crippen molar-refractivity contribution in [2.24, 2.45) is 0 Å². The smallest absolute Gasteiger partial charge is 0.227 e. The number of aromatic nitrogens is 2. The van der Waals surface area contributed by atoms with Crippen molar-refractivity contribution in [2.45, 2.75) is 19.7 Å². The predicted molar refractivity (Wildman–Crippen MR) is 111 cm³/mol. The van der Waals surface area contributed by atoms with Crippen molar-refractivity contribution < 1.29 is 4.74 Å². The highest BCUT2D eigenvalue weighted by atomic mass is 16.5. The Kier molecular flexibility index (Phi) is 4.90. The van der Waals surface area contributed by atoms with Crippen molar-refractivity contribution in [3.63, 3.8) is 0 Å². The molecule has 0 spiro atoms. The van der Waals surface area contributed by atoms with Crippen LogP contribution < -0.4 is 16.0 Å². The summed E-state index contributed by atoms with van der Waals surface area (Å²) in [6.07, 6.45) is 2.99. The Bertz CT molecular complexity index is 1020. The molecule has 1 aliphatic rings. The number of hydrogen-bond donors (Lipinski definition) is 3. The molecule has 3 aromatic rings. The summed E-state index contributed by atoms with van der Waals surface area (Å²) >= 11 is 0. The zero-order valence-corrected chi connectivity index (χ0v) is 15.6. The normalized spacial score (nSPS) is 12.7. The van der Waals surface area contributed by atoms with Crippen LogP contribution in [0.1, 0.15) is 22.3 Å². The maximum Gasteiger partial charge on any atom is 0.227 e. The van der Waals surface area contributed by atoms with Crippen molar-refractivity contribution in [3.8, 4) is 0 Å². The van der Waals surface area contributed by atoms with Gasteiger partial charge < -0.3 is 26.1 Å². The van der Waals surface area contributed by atoms with E-state index in [0.29, 0.717) is 29.6 Å². The molecule has 1 aliphatic heterocycles. The third-order valence-corrected chi connectivity index (χ3v) is 4.74. The second kappa shape index (κ2) is 7.66. The van der Waals surface area contributed by atoms with Crippen LogP contribution in [-0.4, -0.2) is 23.3 Å². The van der Waals surface area contributed by atoms with Gasteiger partial charge in [-0.25, -0.2) is 4.98 Å². The van der Waals surface area contributed by atoms with Gasteiger partial charge in [0, 0.05) is 49.5 Å². The number of methoxy groups -OCH3 is 1. The Morgan fingerprint density at radius 2 is 2.04 bits per heavy atom. The highest BCUT2D eigenvalue weighted by Gasteiger charge is 2.21. The van der Waals surface area contributed by atoms with Gasteiger partial charge in [0.25, 0.3) is 0 Å². The number of hydrogen-bond acceptors (Lipinski definition) is 7. The van der Waals surface area contributed by atoms with Gasteiger partial charge in [0.1, 0.15) is 5.82 Å². The molecule has 7 nitrogen and oxygen atoms in total. The minimum atomic E-state index is 0.576.